The van der Waals surface area contributed by atoms with E-state index in [0.717, 1.165) is 24.3 Å². The van der Waals surface area contributed by atoms with E-state index in [2.05, 4.69) is 9.88 Å². The van der Waals surface area contributed by atoms with Gasteiger partial charge in [0.05, 0.1) is 5.69 Å². The first-order valence-electron chi connectivity index (χ1n) is 5.32. The molecule has 2 rings (SSSR count). The quantitative estimate of drug-likeness (QED) is 0.908. The standard InChI is InChI=1S/C12H14FN3S/c1-16(11-4-2-9(13)3-5-11)7-6-10-8-17-12(14)15-10/h2-5,8H,6-7H2,1H3,(H2,14,15). The number of benzene rings is 1. The van der Waals surface area contributed by atoms with Crippen LogP contribution in [0.1, 0.15) is 5.69 Å². The van der Waals surface area contributed by atoms with Crippen molar-refractivity contribution in [2.75, 3.05) is 24.2 Å². The van der Waals surface area contributed by atoms with Gasteiger partial charge in [-0.05, 0) is 24.3 Å². The van der Waals surface area contributed by atoms with Gasteiger partial charge in [0.15, 0.2) is 5.13 Å². The van der Waals surface area contributed by atoms with Crippen molar-refractivity contribution >= 4 is 22.2 Å². The third-order valence-electron chi connectivity index (χ3n) is 2.54. The summed E-state index contributed by atoms with van der Waals surface area (Å²) >= 11 is 1.45. The van der Waals surface area contributed by atoms with Gasteiger partial charge in [0, 0.05) is 31.1 Å². The van der Waals surface area contributed by atoms with E-state index in [1.807, 2.05) is 12.4 Å². The summed E-state index contributed by atoms with van der Waals surface area (Å²) in [5, 5.41) is 2.57. The highest BCUT2D eigenvalue weighted by atomic mass is 32.1. The number of hydrogen-bond acceptors (Lipinski definition) is 4. The summed E-state index contributed by atoms with van der Waals surface area (Å²) in [5.74, 6) is -0.213. The number of thiazole rings is 1. The van der Waals surface area contributed by atoms with Gasteiger partial charge in [-0.25, -0.2) is 9.37 Å². The normalized spacial score (nSPS) is 10.5. The minimum atomic E-state index is -0.213. The molecule has 0 radical (unpaired) electrons. The second kappa shape index (κ2) is 5.14. The maximum absolute atomic E-state index is 12.8. The maximum Gasteiger partial charge on any atom is 0.180 e. The highest BCUT2D eigenvalue weighted by Gasteiger charge is 2.03. The second-order valence-electron chi connectivity index (χ2n) is 3.83. The topological polar surface area (TPSA) is 42.1 Å². The van der Waals surface area contributed by atoms with Crippen LogP contribution in [0.5, 0.6) is 0 Å². The number of anilines is 2. The Kier molecular flexibility index (Phi) is 3.58. The van der Waals surface area contributed by atoms with E-state index in [9.17, 15) is 4.39 Å². The van der Waals surface area contributed by atoms with Crippen molar-refractivity contribution in [3.8, 4) is 0 Å². The van der Waals surface area contributed by atoms with Crippen LogP contribution in [-0.4, -0.2) is 18.6 Å². The number of hydrogen-bond donors (Lipinski definition) is 1. The predicted octanol–water partition coefficient (Wildman–Crippen LogP) is 2.54. The van der Waals surface area contributed by atoms with E-state index < -0.39 is 0 Å². The molecule has 0 saturated heterocycles. The summed E-state index contributed by atoms with van der Waals surface area (Å²) in [4.78, 5) is 6.26. The van der Waals surface area contributed by atoms with Crippen LogP contribution in [0.25, 0.3) is 0 Å². The number of nitrogen functional groups attached to an aromatic ring is 1. The molecule has 0 amide bonds. The molecule has 2 aromatic rings. The number of likely N-dealkylation sites (N-methyl/N-ethyl adjacent to an activating group) is 1. The number of aromatic nitrogens is 1. The van der Waals surface area contributed by atoms with E-state index in [-0.39, 0.29) is 5.82 Å². The first kappa shape index (κ1) is 11.9. The summed E-state index contributed by atoms with van der Waals surface area (Å²) in [6, 6.07) is 6.47. The van der Waals surface area contributed by atoms with Crippen LogP contribution in [0, 0.1) is 5.82 Å². The lowest BCUT2D eigenvalue weighted by atomic mass is 10.2. The number of nitrogens with two attached hydrogens (primary N) is 1. The van der Waals surface area contributed by atoms with Gasteiger partial charge >= 0.3 is 0 Å². The van der Waals surface area contributed by atoms with E-state index in [0.29, 0.717) is 5.13 Å². The largest absolute Gasteiger partial charge is 0.375 e. The first-order chi connectivity index (χ1) is 8.15. The van der Waals surface area contributed by atoms with Gasteiger partial charge in [0.1, 0.15) is 5.82 Å². The Balaban J connectivity index is 1.93. The Morgan fingerprint density at radius 2 is 2.06 bits per heavy atom. The van der Waals surface area contributed by atoms with Crippen molar-refractivity contribution in [3.05, 3.63) is 41.2 Å². The average Bonchev–Trinajstić information content (AvgIpc) is 2.73. The molecule has 0 aliphatic heterocycles. The zero-order valence-corrected chi connectivity index (χ0v) is 10.4. The van der Waals surface area contributed by atoms with Crippen molar-refractivity contribution in [2.24, 2.45) is 0 Å². The molecule has 5 heteroatoms. The van der Waals surface area contributed by atoms with Crippen LogP contribution >= 0.6 is 11.3 Å². The second-order valence-corrected chi connectivity index (χ2v) is 4.71. The lowest BCUT2D eigenvalue weighted by molar-refractivity contribution is 0.627. The number of nitrogens with zero attached hydrogens (tertiary/aromatic N) is 2. The summed E-state index contributed by atoms with van der Waals surface area (Å²) in [5.41, 5.74) is 7.56. The molecular formula is C12H14FN3S. The molecule has 0 aliphatic rings. The minimum absolute atomic E-state index is 0.213. The van der Waals surface area contributed by atoms with Crippen molar-refractivity contribution < 1.29 is 4.39 Å². The van der Waals surface area contributed by atoms with Gasteiger partial charge in [-0.2, -0.15) is 0 Å². The summed E-state index contributed by atoms with van der Waals surface area (Å²) in [6.45, 7) is 0.828. The molecule has 2 N–H and O–H groups in total. The molecular weight excluding hydrogens is 237 g/mol. The lowest BCUT2D eigenvalue weighted by Crippen LogP contribution is -2.20. The molecule has 90 valence electrons. The molecule has 0 saturated carbocycles. The number of halogens is 1. The van der Waals surface area contributed by atoms with Gasteiger partial charge in [0.2, 0.25) is 0 Å². The fourth-order valence-electron chi connectivity index (χ4n) is 1.54. The summed E-state index contributed by atoms with van der Waals surface area (Å²) in [6.07, 6.45) is 0.835. The van der Waals surface area contributed by atoms with Crippen LogP contribution < -0.4 is 10.6 Å². The zero-order valence-electron chi connectivity index (χ0n) is 9.56. The van der Waals surface area contributed by atoms with Crippen molar-refractivity contribution in [2.45, 2.75) is 6.42 Å². The van der Waals surface area contributed by atoms with Crippen LogP contribution in [0.2, 0.25) is 0 Å². The Hall–Kier alpha value is -1.62. The SMILES string of the molecule is CN(CCc1csc(N)n1)c1ccc(F)cc1. The molecule has 3 nitrogen and oxygen atoms in total. The van der Waals surface area contributed by atoms with E-state index in [1.54, 1.807) is 12.1 Å². The smallest absolute Gasteiger partial charge is 0.180 e. The molecule has 0 bridgehead atoms. The van der Waals surface area contributed by atoms with Crippen LogP contribution in [-0.2, 0) is 6.42 Å². The van der Waals surface area contributed by atoms with Crippen molar-refractivity contribution in [1.82, 2.24) is 4.98 Å². The molecule has 1 heterocycles. The van der Waals surface area contributed by atoms with E-state index in [4.69, 9.17) is 5.73 Å². The third kappa shape index (κ3) is 3.17. The van der Waals surface area contributed by atoms with Gasteiger partial charge in [-0.1, -0.05) is 0 Å². The zero-order chi connectivity index (χ0) is 12.3. The molecule has 17 heavy (non-hydrogen) atoms. The molecule has 1 aromatic heterocycles. The van der Waals surface area contributed by atoms with Crippen molar-refractivity contribution in [1.29, 1.82) is 0 Å². The Morgan fingerprint density at radius 1 is 1.35 bits per heavy atom. The molecule has 0 unspecified atom stereocenters. The Morgan fingerprint density at radius 3 is 2.65 bits per heavy atom. The van der Waals surface area contributed by atoms with Crippen LogP contribution in [0.3, 0.4) is 0 Å². The molecule has 0 aliphatic carbocycles. The lowest BCUT2D eigenvalue weighted by Gasteiger charge is -2.18. The fraction of sp³-hybridized carbons (Fsp3) is 0.250. The Labute approximate surface area is 104 Å². The molecule has 0 atom stereocenters. The minimum Gasteiger partial charge on any atom is -0.375 e. The Bertz CT molecular complexity index is 481. The number of rotatable bonds is 4. The monoisotopic (exact) mass is 251 g/mol. The van der Waals surface area contributed by atoms with Gasteiger partial charge in [-0.3, -0.25) is 0 Å². The first-order valence-corrected chi connectivity index (χ1v) is 6.19. The predicted molar refractivity (Wildman–Crippen MR) is 69.9 cm³/mol. The highest BCUT2D eigenvalue weighted by Crippen LogP contribution is 2.15. The molecule has 0 spiro atoms. The van der Waals surface area contributed by atoms with Crippen LogP contribution in [0.15, 0.2) is 29.6 Å². The molecule has 0 fully saturated rings. The van der Waals surface area contributed by atoms with Crippen molar-refractivity contribution in [3.63, 3.8) is 0 Å². The summed E-state index contributed by atoms with van der Waals surface area (Å²) in [7, 11) is 1.98. The fourth-order valence-corrected chi connectivity index (χ4v) is 2.14. The third-order valence-corrected chi connectivity index (χ3v) is 3.26. The maximum atomic E-state index is 12.8. The molecule has 1 aromatic carbocycles. The van der Waals surface area contributed by atoms with Crippen LogP contribution in [0.4, 0.5) is 15.2 Å². The average molecular weight is 251 g/mol. The summed E-state index contributed by atoms with van der Waals surface area (Å²) < 4.78 is 12.8. The van der Waals surface area contributed by atoms with Gasteiger partial charge in [-0.15, -0.1) is 11.3 Å². The van der Waals surface area contributed by atoms with E-state index in [1.165, 1.54) is 23.5 Å². The van der Waals surface area contributed by atoms with E-state index >= 15 is 0 Å². The van der Waals surface area contributed by atoms with Gasteiger partial charge in [0.25, 0.3) is 0 Å². The van der Waals surface area contributed by atoms with Gasteiger partial charge < -0.3 is 10.6 Å². The highest BCUT2D eigenvalue weighted by molar-refractivity contribution is 7.13.